The Hall–Kier alpha value is -1.74. The van der Waals surface area contributed by atoms with Crippen molar-refractivity contribution in [3.8, 4) is 0 Å². The van der Waals surface area contributed by atoms with Gasteiger partial charge in [0.2, 0.25) is 0 Å². The minimum absolute atomic E-state index is 0. The maximum Gasteiger partial charge on any atom is 0.193 e. The van der Waals surface area contributed by atoms with Gasteiger partial charge in [-0.15, -0.1) is 24.0 Å². The molecule has 1 aliphatic carbocycles. The lowest BCUT2D eigenvalue weighted by Crippen LogP contribution is -2.48. The lowest BCUT2D eigenvalue weighted by molar-refractivity contribution is 0.172. The Balaban J connectivity index is 0.00000243. The van der Waals surface area contributed by atoms with Gasteiger partial charge in [-0.1, -0.05) is 24.3 Å². The second-order valence-corrected chi connectivity index (χ2v) is 6.69. The highest BCUT2D eigenvalue weighted by atomic mass is 127. The maximum atomic E-state index is 13.7. The number of aliphatic imine (C=N–C) groups is 1. The fourth-order valence-electron chi connectivity index (χ4n) is 3.25. The number of benzene rings is 2. The topological polar surface area (TPSA) is 53.6 Å². The first-order valence-electron chi connectivity index (χ1n) is 8.16. The van der Waals surface area contributed by atoms with E-state index in [-0.39, 0.29) is 41.2 Å². The fourth-order valence-corrected chi connectivity index (χ4v) is 3.25. The third kappa shape index (κ3) is 4.32. The minimum atomic E-state index is -0.574. The summed E-state index contributed by atoms with van der Waals surface area (Å²) in [6.45, 7) is 0.463. The van der Waals surface area contributed by atoms with E-state index in [2.05, 4.69) is 27.3 Å². The van der Waals surface area contributed by atoms with Gasteiger partial charge >= 0.3 is 0 Å². The summed E-state index contributed by atoms with van der Waals surface area (Å²) in [5.41, 5.74) is 8.34. The van der Waals surface area contributed by atoms with Crippen LogP contribution in [0.25, 0.3) is 0 Å². The molecule has 0 spiro atoms. The van der Waals surface area contributed by atoms with E-state index in [4.69, 9.17) is 5.73 Å². The largest absolute Gasteiger partial charge is 0.370 e. The molecule has 0 aliphatic heterocycles. The number of hydrogen-bond acceptors (Lipinski definition) is 2. The summed E-state index contributed by atoms with van der Waals surface area (Å²) in [6.07, 6.45) is 1.75. The molecular weight excluding hydrogens is 449 g/mol. The zero-order chi connectivity index (χ0) is 18.0. The SMILES string of the molecule is CN(C)C1(CN=C(N)Nc2cc(F)ccc2F)Cc2ccccc2C1.I. The van der Waals surface area contributed by atoms with Crippen LogP contribution in [0.2, 0.25) is 0 Å². The van der Waals surface area contributed by atoms with Gasteiger partial charge in [-0.2, -0.15) is 0 Å². The van der Waals surface area contributed by atoms with Crippen LogP contribution in [-0.4, -0.2) is 37.0 Å². The Bertz CT molecular complexity index is 783. The number of fused-ring (bicyclic) bond motifs is 1. The van der Waals surface area contributed by atoms with Crippen LogP contribution in [0.15, 0.2) is 47.5 Å². The summed E-state index contributed by atoms with van der Waals surface area (Å²) in [4.78, 5) is 6.56. The number of hydrogen-bond donors (Lipinski definition) is 2. The van der Waals surface area contributed by atoms with Crippen molar-refractivity contribution in [3.05, 3.63) is 65.2 Å². The van der Waals surface area contributed by atoms with Gasteiger partial charge in [0.1, 0.15) is 11.6 Å². The standard InChI is InChI=1S/C19H22F2N4.HI/c1-25(2)19(10-13-5-3-4-6-14(13)11-19)12-23-18(22)24-17-9-15(20)7-8-16(17)21;/h3-9H,10-12H2,1-2H3,(H3,22,23,24);1H. The summed E-state index contributed by atoms with van der Waals surface area (Å²) in [7, 11) is 4.05. The molecule has 2 aromatic carbocycles. The Kier molecular flexibility index (Phi) is 6.57. The number of anilines is 1. The lowest BCUT2D eigenvalue weighted by Gasteiger charge is -2.35. The van der Waals surface area contributed by atoms with E-state index < -0.39 is 11.6 Å². The van der Waals surface area contributed by atoms with Crippen LogP contribution in [-0.2, 0) is 12.8 Å². The number of likely N-dealkylation sites (N-methyl/N-ethyl adjacent to an activating group) is 1. The van der Waals surface area contributed by atoms with Crippen molar-refractivity contribution in [1.82, 2.24) is 4.90 Å². The summed E-state index contributed by atoms with van der Waals surface area (Å²) < 4.78 is 27.0. The Labute approximate surface area is 169 Å². The van der Waals surface area contributed by atoms with E-state index in [1.807, 2.05) is 26.2 Å². The monoisotopic (exact) mass is 472 g/mol. The molecule has 0 radical (unpaired) electrons. The Morgan fingerprint density at radius 1 is 1.15 bits per heavy atom. The number of guanidine groups is 1. The molecule has 3 rings (SSSR count). The van der Waals surface area contributed by atoms with Gasteiger partial charge in [0.05, 0.1) is 12.2 Å². The van der Waals surface area contributed by atoms with E-state index in [1.165, 1.54) is 11.1 Å². The first-order chi connectivity index (χ1) is 11.9. The van der Waals surface area contributed by atoms with Crippen LogP contribution >= 0.6 is 24.0 Å². The molecule has 0 bridgehead atoms. The molecule has 0 atom stereocenters. The van der Waals surface area contributed by atoms with Crippen molar-refractivity contribution in [2.24, 2.45) is 10.7 Å². The molecule has 0 saturated carbocycles. The molecule has 4 nitrogen and oxygen atoms in total. The Morgan fingerprint density at radius 3 is 2.35 bits per heavy atom. The van der Waals surface area contributed by atoms with Crippen LogP contribution in [0.1, 0.15) is 11.1 Å². The van der Waals surface area contributed by atoms with E-state index in [9.17, 15) is 8.78 Å². The molecule has 3 N–H and O–H groups in total. The van der Waals surface area contributed by atoms with Crippen molar-refractivity contribution in [3.63, 3.8) is 0 Å². The van der Waals surface area contributed by atoms with Gasteiger partial charge in [0.15, 0.2) is 5.96 Å². The molecule has 0 unspecified atom stereocenters. The normalized spacial score (nSPS) is 15.5. The first kappa shape index (κ1) is 20.6. The number of nitrogens with zero attached hydrogens (tertiary/aromatic N) is 2. The van der Waals surface area contributed by atoms with E-state index in [1.54, 1.807) is 0 Å². The van der Waals surface area contributed by atoms with Crippen molar-refractivity contribution >= 4 is 35.6 Å². The third-order valence-corrected chi connectivity index (χ3v) is 4.84. The van der Waals surface area contributed by atoms with Gasteiger partial charge < -0.3 is 16.0 Å². The van der Waals surface area contributed by atoms with E-state index >= 15 is 0 Å². The molecule has 7 heteroatoms. The van der Waals surface area contributed by atoms with Crippen LogP contribution in [0.5, 0.6) is 0 Å². The molecule has 2 aromatic rings. The molecule has 0 saturated heterocycles. The second kappa shape index (κ2) is 8.30. The quantitative estimate of drug-likeness (QED) is 0.408. The molecule has 26 heavy (non-hydrogen) atoms. The highest BCUT2D eigenvalue weighted by Crippen LogP contribution is 2.33. The summed E-state index contributed by atoms with van der Waals surface area (Å²) in [5.74, 6) is -1.04. The molecule has 0 fully saturated rings. The maximum absolute atomic E-state index is 13.7. The van der Waals surface area contributed by atoms with Gasteiger partial charge in [0, 0.05) is 11.6 Å². The van der Waals surface area contributed by atoms with E-state index in [0.717, 1.165) is 31.0 Å². The molecule has 0 heterocycles. The highest BCUT2D eigenvalue weighted by Gasteiger charge is 2.38. The first-order valence-corrected chi connectivity index (χ1v) is 8.16. The van der Waals surface area contributed by atoms with Crippen LogP contribution in [0, 0.1) is 11.6 Å². The third-order valence-electron chi connectivity index (χ3n) is 4.84. The van der Waals surface area contributed by atoms with Gasteiger partial charge in [-0.25, -0.2) is 8.78 Å². The average molecular weight is 472 g/mol. The van der Waals surface area contributed by atoms with Crippen molar-refractivity contribution in [2.45, 2.75) is 18.4 Å². The van der Waals surface area contributed by atoms with Crippen molar-refractivity contribution in [2.75, 3.05) is 26.0 Å². The number of halogens is 3. The smallest absolute Gasteiger partial charge is 0.193 e. The predicted octanol–water partition coefficient (Wildman–Crippen LogP) is 3.41. The van der Waals surface area contributed by atoms with Crippen LogP contribution in [0.3, 0.4) is 0 Å². The zero-order valence-corrected chi connectivity index (χ0v) is 17.1. The van der Waals surface area contributed by atoms with Crippen molar-refractivity contribution in [1.29, 1.82) is 0 Å². The molecule has 0 amide bonds. The van der Waals surface area contributed by atoms with E-state index in [0.29, 0.717) is 6.54 Å². The molecule has 140 valence electrons. The minimum Gasteiger partial charge on any atom is -0.370 e. The number of nitrogens with one attached hydrogen (secondary N) is 1. The molecule has 0 aromatic heterocycles. The molecule has 1 aliphatic rings. The average Bonchev–Trinajstić information content (AvgIpc) is 2.96. The molecular formula is C19H23F2IN4. The summed E-state index contributed by atoms with van der Waals surface area (Å²) >= 11 is 0. The number of rotatable bonds is 4. The highest BCUT2D eigenvalue weighted by molar-refractivity contribution is 14.0. The second-order valence-electron chi connectivity index (χ2n) is 6.69. The van der Waals surface area contributed by atoms with Gasteiger partial charge in [-0.3, -0.25) is 4.99 Å². The summed E-state index contributed by atoms with van der Waals surface area (Å²) in [6, 6.07) is 11.5. The predicted molar refractivity (Wildman–Crippen MR) is 112 cm³/mol. The van der Waals surface area contributed by atoms with Crippen LogP contribution in [0.4, 0.5) is 14.5 Å². The van der Waals surface area contributed by atoms with Gasteiger partial charge in [0.25, 0.3) is 0 Å². The van der Waals surface area contributed by atoms with Crippen molar-refractivity contribution < 1.29 is 8.78 Å². The summed E-state index contributed by atoms with van der Waals surface area (Å²) in [5, 5.41) is 2.65. The zero-order valence-electron chi connectivity index (χ0n) is 14.8. The lowest BCUT2D eigenvalue weighted by atomic mass is 9.94. The van der Waals surface area contributed by atoms with Crippen LogP contribution < -0.4 is 11.1 Å². The number of nitrogens with two attached hydrogens (primary N) is 1. The Morgan fingerprint density at radius 2 is 1.77 bits per heavy atom. The van der Waals surface area contributed by atoms with Gasteiger partial charge in [-0.05, 0) is 50.2 Å². The fraction of sp³-hybridized carbons (Fsp3) is 0.316.